The molecule has 0 radical (unpaired) electrons. The maximum atomic E-state index is 14.2. The summed E-state index contributed by atoms with van der Waals surface area (Å²) in [5.74, 6) is 0.0390. The maximum absolute atomic E-state index is 14.2. The van der Waals surface area contributed by atoms with E-state index in [0.717, 1.165) is 48.9 Å². The van der Waals surface area contributed by atoms with Gasteiger partial charge in [-0.1, -0.05) is 62.6 Å². The van der Waals surface area contributed by atoms with Crippen molar-refractivity contribution >= 4 is 55.7 Å². The average molecular weight is 644 g/mol. The second-order valence-electron chi connectivity index (χ2n) is 10.1. The topological polar surface area (TPSA) is 142 Å². The highest BCUT2D eigenvalue weighted by Gasteiger charge is 2.27. The third-order valence-corrected chi connectivity index (χ3v) is 9.16. The zero-order chi connectivity index (χ0) is 29.4. The lowest BCUT2D eigenvalue weighted by molar-refractivity contribution is 0.0750. The number of nitrogens with two attached hydrogens (primary N) is 2. The molecule has 6 rings (SSSR count). The fourth-order valence-electron chi connectivity index (χ4n) is 5.35. The number of carbonyl (C=O) groups excluding carboxylic acids is 1. The van der Waals surface area contributed by atoms with E-state index in [2.05, 4.69) is 55.2 Å². The van der Waals surface area contributed by atoms with Gasteiger partial charge in [-0.05, 0) is 65.1 Å². The molecule has 0 saturated heterocycles. The molecule has 0 fully saturated rings. The predicted molar refractivity (Wildman–Crippen MR) is 168 cm³/mol. The molecule has 1 amide bonds. The molecule has 0 spiro atoms. The summed E-state index contributed by atoms with van der Waals surface area (Å²) in [6.45, 7) is 1.66. The van der Waals surface area contributed by atoms with Crippen molar-refractivity contribution in [2.75, 3.05) is 6.54 Å². The van der Waals surface area contributed by atoms with Gasteiger partial charge in [0.15, 0.2) is 11.7 Å². The van der Waals surface area contributed by atoms with Crippen LogP contribution >= 0.6 is 27.3 Å². The van der Waals surface area contributed by atoms with E-state index < -0.39 is 0 Å². The van der Waals surface area contributed by atoms with Crippen LogP contribution in [0.4, 0.5) is 0 Å². The van der Waals surface area contributed by atoms with E-state index in [-0.39, 0.29) is 17.6 Å². The van der Waals surface area contributed by atoms with Gasteiger partial charge in [-0.2, -0.15) is 0 Å². The van der Waals surface area contributed by atoms with Gasteiger partial charge < -0.3 is 31.3 Å². The third kappa shape index (κ3) is 5.24. The van der Waals surface area contributed by atoms with Gasteiger partial charge in [0, 0.05) is 51.7 Å². The van der Waals surface area contributed by atoms with Gasteiger partial charge in [0.1, 0.15) is 0 Å². The molecule has 11 heteroatoms. The number of hydrogen-bond donors (Lipinski definition) is 4. The number of amides is 1. The van der Waals surface area contributed by atoms with E-state index in [1.807, 2.05) is 47.4 Å². The summed E-state index contributed by atoms with van der Waals surface area (Å²) in [7, 11) is 0. The van der Waals surface area contributed by atoms with Crippen LogP contribution in [0.3, 0.4) is 0 Å². The predicted octanol–water partition coefficient (Wildman–Crippen LogP) is 5.57. The van der Waals surface area contributed by atoms with Gasteiger partial charge >= 0.3 is 0 Å². The Morgan fingerprint density at radius 2 is 1.60 bits per heavy atom. The van der Waals surface area contributed by atoms with E-state index in [1.165, 1.54) is 11.3 Å². The molecule has 1 aliphatic rings. The van der Waals surface area contributed by atoms with Gasteiger partial charge in [0.25, 0.3) is 5.91 Å². The monoisotopic (exact) mass is 642 g/mol. The molecule has 0 atom stereocenters. The first-order chi connectivity index (χ1) is 20.3. The van der Waals surface area contributed by atoms with Crippen molar-refractivity contribution in [3.8, 4) is 10.4 Å². The summed E-state index contributed by atoms with van der Waals surface area (Å²) < 4.78 is 3.24. The molecule has 2 aromatic heterocycles. The highest BCUT2D eigenvalue weighted by atomic mass is 79.9. The number of hydrogen-bond acceptors (Lipinski definition) is 6. The van der Waals surface area contributed by atoms with E-state index >= 15 is 0 Å². The van der Waals surface area contributed by atoms with Crippen LogP contribution in [0.15, 0.2) is 93.8 Å². The quantitative estimate of drug-likeness (QED) is 0.0795. The molecular weight excluding hydrogens is 616 g/mol. The highest BCUT2D eigenvalue weighted by Crippen LogP contribution is 2.37. The minimum atomic E-state index is -0.0456. The smallest absolute Gasteiger partial charge is 0.254 e. The Morgan fingerprint density at radius 3 is 2.31 bits per heavy atom. The molecule has 3 heterocycles. The molecule has 0 bridgehead atoms. The fourth-order valence-corrected chi connectivity index (χ4v) is 6.50. The number of halogens is 1. The first-order valence-electron chi connectivity index (χ1n) is 13.2. The van der Waals surface area contributed by atoms with Crippen molar-refractivity contribution in [1.82, 2.24) is 9.47 Å². The third-order valence-electron chi connectivity index (χ3n) is 7.48. The second-order valence-corrected chi connectivity index (χ2v) is 12.1. The average Bonchev–Trinajstić information content (AvgIpc) is 3.62. The highest BCUT2D eigenvalue weighted by molar-refractivity contribution is 9.10. The van der Waals surface area contributed by atoms with Crippen molar-refractivity contribution in [2.45, 2.75) is 19.5 Å². The minimum Gasteiger partial charge on any atom is -0.409 e. The molecule has 5 aromatic rings. The van der Waals surface area contributed by atoms with Crippen LogP contribution < -0.4 is 11.5 Å². The van der Waals surface area contributed by atoms with Crippen LogP contribution in [-0.4, -0.2) is 44.0 Å². The van der Waals surface area contributed by atoms with Gasteiger partial charge in [-0.15, -0.1) is 11.3 Å². The molecule has 42 heavy (non-hydrogen) atoms. The van der Waals surface area contributed by atoms with Crippen LogP contribution in [-0.2, 0) is 19.5 Å². The summed E-state index contributed by atoms with van der Waals surface area (Å²) in [5.41, 5.74) is 17.9. The Hall–Kier alpha value is -4.61. The SMILES string of the molecule is N/C(=N\O)c1ccc(CN2CCc3cn(Cc4ccc(Br)cc4)c4cc(-c5ccc(/C(N)=N/O)s5)cc(c34)C2=O)cc1. The van der Waals surface area contributed by atoms with Gasteiger partial charge in [-0.25, -0.2) is 0 Å². The minimum absolute atomic E-state index is 0.0368. The second kappa shape index (κ2) is 11.3. The largest absolute Gasteiger partial charge is 0.409 e. The number of thiophene rings is 1. The van der Waals surface area contributed by atoms with E-state index in [9.17, 15) is 4.79 Å². The molecule has 3 aromatic carbocycles. The number of aromatic nitrogens is 1. The molecule has 212 valence electrons. The van der Waals surface area contributed by atoms with Crippen LogP contribution in [0.5, 0.6) is 0 Å². The summed E-state index contributed by atoms with van der Waals surface area (Å²) in [4.78, 5) is 17.6. The Kier molecular flexibility index (Phi) is 7.44. The number of oxime groups is 2. The van der Waals surface area contributed by atoms with Crippen LogP contribution in [0.25, 0.3) is 21.3 Å². The van der Waals surface area contributed by atoms with Crippen LogP contribution in [0, 0.1) is 0 Å². The first kappa shape index (κ1) is 27.6. The molecule has 0 saturated carbocycles. The van der Waals surface area contributed by atoms with E-state index in [0.29, 0.717) is 35.6 Å². The van der Waals surface area contributed by atoms with Crippen LogP contribution in [0.2, 0.25) is 0 Å². The Labute approximate surface area is 254 Å². The summed E-state index contributed by atoms with van der Waals surface area (Å²) >= 11 is 4.92. The normalized spacial score (nSPS) is 14.0. The van der Waals surface area contributed by atoms with Crippen molar-refractivity contribution in [1.29, 1.82) is 0 Å². The van der Waals surface area contributed by atoms with Crippen molar-refractivity contribution < 1.29 is 15.2 Å². The Balaban J connectivity index is 1.42. The molecule has 0 aliphatic carbocycles. The molecule has 0 unspecified atom stereocenters. The lowest BCUT2D eigenvalue weighted by Gasteiger charge is -2.22. The number of rotatable bonds is 7. The van der Waals surface area contributed by atoms with Crippen molar-refractivity contribution in [3.63, 3.8) is 0 Å². The summed E-state index contributed by atoms with van der Waals surface area (Å²) in [6, 6.07) is 23.4. The maximum Gasteiger partial charge on any atom is 0.254 e. The fraction of sp³-hybridized carbons (Fsp3) is 0.129. The van der Waals surface area contributed by atoms with E-state index in [4.69, 9.17) is 21.9 Å². The summed E-state index contributed by atoms with van der Waals surface area (Å²) in [5, 5.41) is 25.3. The standard InChI is InChI=1S/C31H27BrN6O3S/c32-23-7-3-19(4-8-23)16-38-17-21-11-12-37(15-18-1-5-20(6-2-18)29(33)35-40)31(39)24-13-22(14-25(38)28(21)24)26-9-10-27(42-26)30(34)36-41/h1-10,13-14,17,40-41H,11-12,15-16H2,(H2,33,35)(H2,34,36). The molecular formula is C31H27BrN6O3S. The molecule has 1 aliphatic heterocycles. The Bertz CT molecular complexity index is 1860. The number of nitrogens with zero attached hydrogens (tertiary/aromatic N) is 4. The number of carbonyl (C=O) groups is 1. The van der Waals surface area contributed by atoms with Gasteiger partial charge in [-0.3, -0.25) is 4.79 Å². The van der Waals surface area contributed by atoms with Gasteiger partial charge in [0.05, 0.1) is 10.4 Å². The van der Waals surface area contributed by atoms with E-state index in [1.54, 1.807) is 12.1 Å². The zero-order valence-corrected chi connectivity index (χ0v) is 24.8. The molecule has 6 N–H and O–H groups in total. The van der Waals surface area contributed by atoms with Crippen molar-refractivity contribution in [2.24, 2.45) is 21.8 Å². The Morgan fingerprint density at radius 1 is 0.905 bits per heavy atom. The van der Waals surface area contributed by atoms with Crippen LogP contribution in [0.1, 0.15) is 37.5 Å². The number of amidine groups is 2. The zero-order valence-electron chi connectivity index (χ0n) is 22.4. The lowest BCUT2D eigenvalue weighted by Crippen LogP contribution is -2.31. The van der Waals surface area contributed by atoms with Crippen molar-refractivity contribution in [3.05, 3.63) is 116 Å². The lowest BCUT2D eigenvalue weighted by atomic mass is 10.0. The number of benzene rings is 3. The first-order valence-corrected chi connectivity index (χ1v) is 14.8. The summed E-state index contributed by atoms with van der Waals surface area (Å²) in [6.07, 6.45) is 2.88. The molecule has 9 nitrogen and oxygen atoms in total. The van der Waals surface area contributed by atoms with Gasteiger partial charge in [0.2, 0.25) is 0 Å².